The van der Waals surface area contributed by atoms with Gasteiger partial charge in [-0.3, -0.25) is 19.2 Å². The van der Waals surface area contributed by atoms with Gasteiger partial charge in [-0.15, -0.1) is 0 Å². The lowest BCUT2D eigenvalue weighted by atomic mass is 9.97. The van der Waals surface area contributed by atoms with Gasteiger partial charge in [-0.05, 0) is 67.3 Å². The summed E-state index contributed by atoms with van der Waals surface area (Å²) < 4.78 is 26.8. The molecule has 10 nitrogen and oxygen atoms in total. The first-order chi connectivity index (χ1) is 22.4. The van der Waals surface area contributed by atoms with Crippen molar-refractivity contribution in [3.63, 3.8) is 0 Å². The summed E-state index contributed by atoms with van der Waals surface area (Å²) in [6.45, 7) is 3.36. The average Bonchev–Trinajstić information content (AvgIpc) is 3.55. The van der Waals surface area contributed by atoms with E-state index in [1.54, 1.807) is 52.1 Å². The van der Waals surface area contributed by atoms with E-state index in [0.717, 1.165) is 11.1 Å². The number of nitrogens with two attached hydrogens (primary N) is 1. The number of sulfone groups is 1. The third-order valence-electron chi connectivity index (χ3n) is 9.53. The second-order valence-electron chi connectivity index (χ2n) is 12.8. The highest BCUT2D eigenvalue weighted by atomic mass is 35.5. The van der Waals surface area contributed by atoms with Gasteiger partial charge in [-0.2, -0.15) is 0 Å². The van der Waals surface area contributed by atoms with E-state index in [4.69, 9.17) is 17.3 Å². The van der Waals surface area contributed by atoms with Crippen LogP contribution in [-0.4, -0.2) is 91.1 Å². The number of Topliss-reactive ketones (excluding diaryl/α,β-unsaturated/α-hetero) is 1. The summed E-state index contributed by atoms with van der Waals surface area (Å²) in [6, 6.07) is 13.5. The van der Waals surface area contributed by atoms with E-state index in [9.17, 15) is 27.6 Å². The monoisotopic (exact) mass is 686 g/mol. The molecule has 2 aliphatic heterocycles. The second-order valence-corrected chi connectivity index (χ2v) is 15.3. The summed E-state index contributed by atoms with van der Waals surface area (Å²) in [5, 5.41) is 0.559. The van der Waals surface area contributed by atoms with Gasteiger partial charge in [0.25, 0.3) is 0 Å². The smallest absolute Gasteiger partial charge is 0.227 e. The van der Waals surface area contributed by atoms with Crippen LogP contribution in [0.1, 0.15) is 68.6 Å². The van der Waals surface area contributed by atoms with Crippen molar-refractivity contribution >= 4 is 44.9 Å². The molecule has 2 heterocycles. The highest BCUT2D eigenvalue weighted by molar-refractivity contribution is 7.90. The Morgan fingerprint density at radius 2 is 1.68 bits per heavy atom. The standard InChI is InChI=1S/C35H47ClN4O6S/c1-25(41)39-19-16-31(17-20-39)38(2)34(43)15-12-29(24-47(45,46)23-26-7-4-3-5-8-26)35(44)40-18-6-9-32(40)33(42)14-11-27-21-30(36)13-10-28(27)22-37/h3-5,7-8,10,13,21,29,31-32H,6,9,11-12,14-20,22-24,37H2,1-2H3/t29-,32-/m0/s1. The molecule has 2 N–H and O–H groups in total. The minimum Gasteiger partial charge on any atom is -0.343 e. The number of carbonyl (C=O) groups excluding carboxylic acids is 4. The van der Waals surface area contributed by atoms with Gasteiger partial charge >= 0.3 is 0 Å². The molecule has 47 heavy (non-hydrogen) atoms. The quantitative estimate of drug-likeness (QED) is 0.319. The number of hydrogen-bond donors (Lipinski definition) is 1. The molecule has 12 heteroatoms. The van der Waals surface area contributed by atoms with E-state index in [2.05, 4.69) is 0 Å². The van der Waals surface area contributed by atoms with Crippen molar-refractivity contribution in [1.82, 2.24) is 14.7 Å². The zero-order valence-corrected chi connectivity index (χ0v) is 29.0. The summed E-state index contributed by atoms with van der Waals surface area (Å²) in [5.74, 6) is -2.23. The summed E-state index contributed by atoms with van der Waals surface area (Å²) in [5.41, 5.74) is 8.30. The molecule has 0 aromatic heterocycles. The number of piperidine rings is 1. The lowest BCUT2D eigenvalue weighted by molar-refractivity contribution is -0.141. The number of amides is 3. The molecule has 0 bridgehead atoms. The number of halogens is 1. The van der Waals surface area contributed by atoms with Crippen LogP contribution in [0.2, 0.25) is 5.02 Å². The normalized spacial score (nSPS) is 17.8. The molecular weight excluding hydrogens is 640 g/mol. The van der Waals surface area contributed by atoms with Gasteiger partial charge in [0.05, 0.1) is 23.5 Å². The number of rotatable bonds is 14. The van der Waals surface area contributed by atoms with Crippen molar-refractivity contribution < 1.29 is 27.6 Å². The predicted molar refractivity (Wildman–Crippen MR) is 182 cm³/mol. The largest absolute Gasteiger partial charge is 0.343 e. The van der Waals surface area contributed by atoms with Gasteiger partial charge in [-0.25, -0.2) is 8.42 Å². The molecule has 0 saturated carbocycles. The van der Waals surface area contributed by atoms with Crippen molar-refractivity contribution in [2.24, 2.45) is 11.7 Å². The first-order valence-corrected chi connectivity index (χ1v) is 18.6. The number of nitrogens with zero attached hydrogens (tertiary/aromatic N) is 3. The second kappa shape index (κ2) is 16.7. The van der Waals surface area contributed by atoms with Gasteiger partial charge < -0.3 is 20.4 Å². The Bertz CT molecular complexity index is 1530. The number of aryl methyl sites for hydroxylation is 1. The zero-order chi connectivity index (χ0) is 34.1. The van der Waals surface area contributed by atoms with Crippen molar-refractivity contribution in [3.05, 3.63) is 70.2 Å². The fourth-order valence-corrected chi connectivity index (χ4v) is 8.70. The fourth-order valence-electron chi connectivity index (χ4n) is 6.77. The van der Waals surface area contributed by atoms with Crippen LogP contribution in [0.3, 0.4) is 0 Å². The van der Waals surface area contributed by atoms with E-state index in [0.29, 0.717) is 68.9 Å². The van der Waals surface area contributed by atoms with E-state index >= 15 is 0 Å². The van der Waals surface area contributed by atoms with Gasteiger partial charge in [0.15, 0.2) is 15.6 Å². The molecule has 2 atom stereocenters. The summed E-state index contributed by atoms with van der Waals surface area (Å²) >= 11 is 6.18. The number of carbonyl (C=O) groups is 4. The van der Waals surface area contributed by atoms with Crippen LogP contribution in [0.4, 0.5) is 0 Å². The summed E-state index contributed by atoms with van der Waals surface area (Å²) in [4.78, 5) is 57.6. The SMILES string of the molecule is CC(=O)N1CCC(N(C)C(=O)CC[C@@H](CS(=O)(=O)Cc2ccccc2)C(=O)N2CCC[C@H]2C(=O)CCc2cc(Cl)ccc2CN)CC1. The highest BCUT2D eigenvalue weighted by Crippen LogP contribution is 2.27. The Hall–Kier alpha value is -3.28. The molecule has 0 spiro atoms. The van der Waals surface area contributed by atoms with Crippen molar-refractivity contribution in [1.29, 1.82) is 0 Å². The molecule has 256 valence electrons. The first kappa shape index (κ1) is 36.6. The van der Waals surface area contributed by atoms with Gasteiger partial charge in [0.2, 0.25) is 17.7 Å². The average molecular weight is 687 g/mol. The third-order valence-corrected chi connectivity index (χ3v) is 11.4. The zero-order valence-electron chi connectivity index (χ0n) is 27.4. The summed E-state index contributed by atoms with van der Waals surface area (Å²) in [7, 11) is -2.00. The van der Waals surface area contributed by atoms with Crippen molar-refractivity contribution in [2.75, 3.05) is 32.4 Å². The minimum absolute atomic E-state index is 0.00374. The lowest BCUT2D eigenvalue weighted by Crippen LogP contribution is -2.47. The maximum absolute atomic E-state index is 14.1. The number of hydrogen-bond acceptors (Lipinski definition) is 7. The molecule has 2 aromatic carbocycles. The van der Waals surface area contributed by atoms with Crippen LogP contribution in [-0.2, 0) is 47.7 Å². The van der Waals surface area contributed by atoms with Crippen LogP contribution in [0, 0.1) is 5.92 Å². The molecular formula is C35H47ClN4O6S. The van der Waals surface area contributed by atoms with E-state index < -0.39 is 33.5 Å². The van der Waals surface area contributed by atoms with E-state index in [-0.39, 0.29) is 48.7 Å². The maximum Gasteiger partial charge on any atom is 0.227 e. The van der Waals surface area contributed by atoms with Crippen LogP contribution < -0.4 is 5.73 Å². The maximum atomic E-state index is 14.1. The Morgan fingerprint density at radius 3 is 2.34 bits per heavy atom. The van der Waals surface area contributed by atoms with Crippen molar-refractivity contribution in [3.8, 4) is 0 Å². The van der Waals surface area contributed by atoms with Crippen molar-refractivity contribution in [2.45, 2.75) is 82.7 Å². The molecule has 2 aromatic rings. The van der Waals surface area contributed by atoms with Crippen LogP contribution in [0.5, 0.6) is 0 Å². The van der Waals surface area contributed by atoms with Gasteiger partial charge in [0.1, 0.15) is 0 Å². The summed E-state index contributed by atoms with van der Waals surface area (Å²) in [6.07, 6.45) is 3.16. The Kier molecular flexibility index (Phi) is 13.0. The highest BCUT2D eigenvalue weighted by Gasteiger charge is 2.38. The minimum atomic E-state index is -3.73. The lowest BCUT2D eigenvalue weighted by Gasteiger charge is -2.36. The van der Waals surface area contributed by atoms with Crippen LogP contribution >= 0.6 is 11.6 Å². The van der Waals surface area contributed by atoms with Crippen LogP contribution in [0.15, 0.2) is 48.5 Å². The molecule has 0 radical (unpaired) electrons. The third kappa shape index (κ3) is 10.1. The van der Waals surface area contributed by atoms with Crippen LogP contribution in [0.25, 0.3) is 0 Å². The molecule has 2 fully saturated rings. The Balaban J connectivity index is 1.46. The predicted octanol–water partition coefficient (Wildman–Crippen LogP) is 3.77. The first-order valence-electron chi connectivity index (χ1n) is 16.4. The molecule has 0 unspecified atom stereocenters. The molecule has 4 rings (SSSR count). The molecule has 0 aliphatic carbocycles. The number of benzene rings is 2. The molecule has 3 amide bonds. The van der Waals surface area contributed by atoms with E-state index in [1.807, 2.05) is 18.2 Å². The molecule has 2 aliphatic rings. The Labute approximate surface area is 283 Å². The number of ketones is 1. The molecule has 2 saturated heterocycles. The van der Waals surface area contributed by atoms with Gasteiger partial charge in [0, 0.05) is 64.1 Å². The van der Waals surface area contributed by atoms with E-state index in [1.165, 1.54) is 6.92 Å². The van der Waals surface area contributed by atoms with Gasteiger partial charge in [-0.1, -0.05) is 48.0 Å². The topological polar surface area (TPSA) is 138 Å². The number of likely N-dealkylation sites (tertiary alicyclic amines) is 2. The Morgan fingerprint density at radius 1 is 0.979 bits per heavy atom. The fraction of sp³-hybridized carbons (Fsp3) is 0.543.